The zero-order valence-corrected chi connectivity index (χ0v) is 17.5. The number of sulfonamides is 1. The van der Waals surface area contributed by atoms with Crippen LogP contribution in [0.3, 0.4) is 0 Å². The lowest BCUT2D eigenvalue weighted by Crippen LogP contribution is -2.50. The van der Waals surface area contributed by atoms with Gasteiger partial charge in [0.05, 0.1) is 11.5 Å². The molecule has 1 N–H and O–H groups in total. The molecule has 3 rings (SSSR count). The monoisotopic (exact) mass is 470 g/mol. The molecule has 1 fully saturated rings. The second kappa shape index (κ2) is 9.97. The zero-order chi connectivity index (χ0) is 23.3. The molecule has 0 saturated carbocycles. The van der Waals surface area contributed by atoms with Crippen LogP contribution in [0.1, 0.15) is 0 Å². The maximum Gasteiger partial charge on any atom is 0.387 e. The summed E-state index contributed by atoms with van der Waals surface area (Å²) in [5.74, 6) is -0.392. The number of hydrogen-bond acceptors (Lipinski definition) is 7. The van der Waals surface area contributed by atoms with Gasteiger partial charge < -0.3 is 10.1 Å². The number of carbonyl (C=O) groups excluding carboxylic acids is 1. The second-order valence-electron chi connectivity index (χ2n) is 6.86. The Kier molecular flexibility index (Phi) is 7.33. The van der Waals surface area contributed by atoms with Crippen LogP contribution in [-0.2, 0) is 14.8 Å². The van der Waals surface area contributed by atoms with Crippen LogP contribution in [0.2, 0.25) is 0 Å². The minimum absolute atomic E-state index is 0.00530. The van der Waals surface area contributed by atoms with Crippen molar-refractivity contribution in [1.29, 1.82) is 0 Å². The standard InChI is InChI=1S/C19H20F2N4O6S/c20-19(21)31-15-7-5-14(6-8-15)22-18(26)13-23-9-11-24(12-10-23)32(29,30)17-4-2-1-3-16(17)25(27)28/h1-8,19H,9-13H2,(H,22,26). The number of rotatable bonds is 8. The third-order valence-electron chi connectivity index (χ3n) is 4.74. The molecule has 0 atom stereocenters. The van der Waals surface area contributed by atoms with E-state index in [9.17, 15) is 32.1 Å². The number of alkyl halides is 2. The number of piperazine rings is 1. The summed E-state index contributed by atoms with van der Waals surface area (Å²) in [6, 6.07) is 10.6. The molecular formula is C19H20F2N4O6S. The maximum atomic E-state index is 12.8. The van der Waals surface area contributed by atoms with Crippen molar-refractivity contribution in [2.24, 2.45) is 0 Å². The van der Waals surface area contributed by atoms with Crippen LogP contribution >= 0.6 is 0 Å². The van der Waals surface area contributed by atoms with E-state index in [2.05, 4.69) is 10.1 Å². The number of ether oxygens (including phenoxy) is 1. The Morgan fingerprint density at radius 2 is 1.72 bits per heavy atom. The van der Waals surface area contributed by atoms with Crippen molar-refractivity contribution in [3.05, 3.63) is 58.6 Å². The third-order valence-corrected chi connectivity index (χ3v) is 6.69. The van der Waals surface area contributed by atoms with Gasteiger partial charge in [0.1, 0.15) is 5.75 Å². The first-order valence-corrected chi connectivity index (χ1v) is 10.9. The van der Waals surface area contributed by atoms with E-state index in [1.807, 2.05) is 0 Å². The molecule has 2 aromatic rings. The Labute approximate surface area is 182 Å². The molecule has 0 aliphatic carbocycles. The molecule has 172 valence electrons. The van der Waals surface area contributed by atoms with E-state index >= 15 is 0 Å². The van der Waals surface area contributed by atoms with Crippen molar-refractivity contribution in [2.45, 2.75) is 11.5 Å². The van der Waals surface area contributed by atoms with E-state index in [0.29, 0.717) is 5.69 Å². The first-order valence-electron chi connectivity index (χ1n) is 9.47. The molecule has 0 spiro atoms. The molecule has 1 aliphatic rings. The minimum Gasteiger partial charge on any atom is -0.435 e. The molecule has 1 aliphatic heterocycles. The van der Waals surface area contributed by atoms with E-state index in [1.54, 1.807) is 4.90 Å². The highest BCUT2D eigenvalue weighted by Gasteiger charge is 2.33. The van der Waals surface area contributed by atoms with Crippen molar-refractivity contribution in [3.63, 3.8) is 0 Å². The Hall–Kier alpha value is -3.16. The summed E-state index contributed by atoms with van der Waals surface area (Å²) in [7, 11) is -4.05. The van der Waals surface area contributed by atoms with Gasteiger partial charge in [-0.25, -0.2) is 8.42 Å². The first kappa shape index (κ1) is 23.5. The molecule has 10 nitrogen and oxygen atoms in total. The lowest BCUT2D eigenvalue weighted by molar-refractivity contribution is -0.387. The fraction of sp³-hybridized carbons (Fsp3) is 0.316. The van der Waals surface area contributed by atoms with Gasteiger partial charge in [0.2, 0.25) is 15.9 Å². The number of para-hydroxylation sites is 1. The lowest BCUT2D eigenvalue weighted by Gasteiger charge is -2.33. The first-order chi connectivity index (χ1) is 15.2. The van der Waals surface area contributed by atoms with Crippen molar-refractivity contribution in [2.75, 3.05) is 38.0 Å². The Morgan fingerprint density at radius 3 is 2.31 bits per heavy atom. The molecule has 0 bridgehead atoms. The molecule has 0 aromatic heterocycles. The van der Waals surface area contributed by atoms with Gasteiger partial charge >= 0.3 is 6.61 Å². The van der Waals surface area contributed by atoms with Gasteiger partial charge in [0.15, 0.2) is 4.90 Å². The lowest BCUT2D eigenvalue weighted by atomic mass is 10.3. The van der Waals surface area contributed by atoms with E-state index in [0.717, 1.165) is 10.4 Å². The molecule has 13 heteroatoms. The van der Waals surface area contributed by atoms with E-state index < -0.39 is 27.2 Å². The van der Waals surface area contributed by atoms with Crippen molar-refractivity contribution in [1.82, 2.24) is 9.21 Å². The van der Waals surface area contributed by atoms with Crippen LogP contribution in [0.4, 0.5) is 20.2 Å². The average Bonchev–Trinajstić information content (AvgIpc) is 2.75. The minimum atomic E-state index is -4.05. The molecule has 32 heavy (non-hydrogen) atoms. The smallest absolute Gasteiger partial charge is 0.387 e. The predicted molar refractivity (Wildman–Crippen MR) is 110 cm³/mol. The van der Waals surface area contributed by atoms with Gasteiger partial charge in [-0.2, -0.15) is 13.1 Å². The Bertz CT molecular complexity index is 1070. The third kappa shape index (κ3) is 5.75. The van der Waals surface area contributed by atoms with Crippen molar-refractivity contribution >= 4 is 27.3 Å². The zero-order valence-electron chi connectivity index (χ0n) is 16.7. The van der Waals surface area contributed by atoms with E-state index in [1.165, 1.54) is 42.5 Å². The van der Waals surface area contributed by atoms with Gasteiger partial charge in [-0.3, -0.25) is 19.8 Å². The highest BCUT2D eigenvalue weighted by Crippen LogP contribution is 2.27. The second-order valence-corrected chi connectivity index (χ2v) is 8.76. The number of anilines is 1. The number of carbonyl (C=O) groups is 1. The van der Waals surface area contributed by atoms with Crippen LogP contribution in [0.5, 0.6) is 5.75 Å². The quantitative estimate of drug-likeness (QED) is 0.463. The summed E-state index contributed by atoms with van der Waals surface area (Å²) < 4.78 is 55.4. The summed E-state index contributed by atoms with van der Waals surface area (Å²) >= 11 is 0. The van der Waals surface area contributed by atoms with Crippen LogP contribution in [-0.4, -0.2) is 67.8 Å². The summed E-state index contributed by atoms with van der Waals surface area (Å²) in [5.41, 5.74) is -0.0894. The number of amides is 1. The van der Waals surface area contributed by atoms with Gasteiger partial charge in [0.25, 0.3) is 5.69 Å². The maximum absolute atomic E-state index is 12.8. The molecular weight excluding hydrogens is 450 g/mol. The fourth-order valence-electron chi connectivity index (χ4n) is 3.22. The number of nitrogens with one attached hydrogen (secondary N) is 1. The Balaban J connectivity index is 1.54. The van der Waals surface area contributed by atoms with Crippen LogP contribution in [0.15, 0.2) is 53.4 Å². The highest BCUT2D eigenvalue weighted by atomic mass is 32.2. The summed E-state index contributed by atoms with van der Waals surface area (Å²) in [4.78, 5) is 24.1. The highest BCUT2D eigenvalue weighted by molar-refractivity contribution is 7.89. The van der Waals surface area contributed by atoms with Gasteiger partial charge in [0, 0.05) is 37.9 Å². The number of nitro groups is 1. The summed E-state index contributed by atoms with van der Waals surface area (Å²) in [5, 5.41) is 13.8. The van der Waals surface area contributed by atoms with Crippen LogP contribution < -0.4 is 10.1 Å². The molecule has 1 amide bonds. The molecule has 0 unspecified atom stereocenters. The van der Waals surface area contributed by atoms with Gasteiger partial charge in [-0.05, 0) is 30.3 Å². The van der Waals surface area contributed by atoms with Crippen molar-refractivity contribution < 1.29 is 31.7 Å². The largest absolute Gasteiger partial charge is 0.435 e. The Morgan fingerprint density at radius 1 is 1.09 bits per heavy atom. The van der Waals surface area contributed by atoms with Crippen molar-refractivity contribution in [3.8, 4) is 5.75 Å². The summed E-state index contributed by atoms with van der Waals surface area (Å²) in [6.07, 6.45) is 0. The van der Waals surface area contributed by atoms with Gasteiger partial charge in [-0.15, -0.1) is 0 Å². The number of halogens is 2. The topological polar surface area (TPSA) is 122 Å². The van der Waals surface area contributed by atoms with Crippen LogP contribution in [0.25, 0.3) is 0 Å². The number of hydrogen-bond donors (Lipinski definition) is 1. The van der Waals surface area contributed by atoms with Gasteiger partial charge in [-0.1, -0.05) is 12.1 Å². The molecule has 1 heterocycles. The van der Waals surface area contributed by atoms with E-state index in [4.69, 9.17) is 0 Å². The number of benzene rings is 2. The molecule has 1 saturated heterocycles. The predicted octanol–water partition coefficient (Wildman–Crippen LogP) is 2.14. The normalized spacial score (nSPS) is 15.5. The summed E-state index contributed by atoms with van der Waals surface area (Å²) in [6.45, 7) is -2.29. The average molecular weight is 470 g/mol. The molecule has 0 radical (unpaired) electrons. The SMILES string of the molecule is O=C(CN1CCN(S(=O)(=O)c2ccccc2[N+](=O)[O-])CC1)Nc1ccc(OC(F)F)cc1. The van der Waals surface area contributed by atoms with E-state index in [-0.39, 0.29) is 49.3 Å². The number of nitro benzene ring substituents is 1. The number of nitrogens with zero attached hydrogens (tertiary/aromatic N) is 3. The van der Waals surface area contributed by atoms with Crippen LogP contribution in [0, 0.1) is 10.1 Å². The fourth-order valence-corrected chi connectivity index (χ4v) is 4.80. The molecule has 2 aromatic carbocycles.